The van der Waals surface area contributed by atoms with Crippen LogP contribution in [-0.2, 0) is 11.3 Å². The summed E-state index contributed by atoms with van der Waals surface area (Å²) in [5.74, 6) is -0.306. The lowest BCUT2D eigenvalue weighted by Gasteiger charge is -2.09. The molecule has 2 aromatic carbocycles. The lowest BCUT2D eigenvalue weighted by molar-refractivity contribution is -0.117. The van der Waals surface area contributed by atoms with Crippen molar-refractivity contribution < 1.29 is 4.79 Å². The molecular formula is C17H14BrN3O2. The third-order valence-corrected chi connectivity index (χ3v) is 4.11. The molecule has 5 nitrogen and oxygen atoms in total. The summed E-state index contributed by atoms with van der Waals surface area (Å²) in [7, 11) is 0. The van der Waals surface area contributed by atoms with Crippen molar-refractivity contribution in [3.8, 4) is 0 Å². The third-order valence-electron chi connectivity index (χ3n) is 3.45. The molecule has 1 N–H and O–H groups in total. The van der Waals surface area contributed by atoms with Crippen LogP contribution in [0.2, 0.25) is 0 Å². The predicted octanol–water partition coefficient (Wildman–Crippen LogP) is 3.11. The molecule has 0 saturated heterocycles. The first-order valence-corrected chi connectivity index (χ1v) is 7.85. The number of nitrogens with one attached hydrogen (secondary N) is 1. The molecule has 0 fully saturated rings. The average molecular weight is 372 g/mol. The Bertz CT molecular complexity index is 950. The van der Waals surface area contributed by atoms with Crippen molar-refractivity contribution in [2.24, 2.45) is 0 Å². The largest absolute Gasteiger partial charge is 0.323 e. The van der Waals surface area contributed by atoms with Crippen molar-refractivity contribution >= 4 is 38.3 Å². The summed E-state index contributed by atoms with van der Waals surface area (Å²) in [6, 6.07) is 12.8. The minimum Gasteiger partial charge on any atom is -0.323 e. The zero-order valence-electron chi connectivity index (χ0n) is 12.4. The Morgan fingerprint density at radius 2 is 2.04 bits per heavy atom. The number of hydrogen-bond acceptors (Lipinski definition) is 3. The smallest absolute Gasteiger partial charge is 0.275 e. The van der Waals surface area contributed by atoms with Crippen LogP contribution in [0.1, 0.15) is 5.56 Å². The standard InChI is InChI=1S/C17H14BrN3O2/c1-11-6-7-15(14(18)8-11)20-16(22)10-21-17(23)13-5-3-2-4-12(13)9-19-21/h2-9H,10H2,1H3,(H,20,22). The fourth-order valence-corrected chi connectivity index (χ4v) is 2.88. The molecule has 3 aromatic rings. The average Bonchev–Trinajstić information content (AvgIpc) is 2.53. The molecule has 0 unspecified atom stereocenters. The first-order valence-electron chi connectivity index (χ1n) is 7.05. The molecule has 0 radical (unpaired) electrons. The van der Waals surface area contributed by atoms with Crippen LogP contribution in [-0.4, -0.2) is 15.7 Å². The molecule has 0 spiro atoms. The number of aromatic nitrogens is 2. The van der Waals surface area contributed by atoms with E-state index in [1.165, 1.54) is 4.68 Å². The van der Waals surface area contributed by atoms with E-state index in [9.17, 15) is 9.59 Å². The highest BCUT2D eigenvalue weighted by Gasteiger charge is 2.10. The second-order valence-corrected chi connectivity index (χ2v) is 6.08. The number of carbonyl (C=O) groups is 1. The summed E-state index contributed by atoms with van der Waals surface area (Å²) in [5, 5.41) is 8.14. The van der Waals surface area contributed by atoms with E-state index in [1.54, 1.807) is 18.3 Å². The molecule has 1 heterocycles. The monoisotopic (exact) mass is 371 g/mol. The van der Waals surface area contributed by atoms with E-state index in [0.717, 1.165) is 15.4 Å². The maximum absolute atomic E-state index is 12.3. The van der Waals surface area contributed by atoms with Crippen LogP contribution in [0.25, 0.3) is 10.8 Å². The van der Waals surface area contributed by atoms with Gasteiger partial charge in [0.2, 0.25) is 5.91 Å². The first kappa shape index (κ1) is 15.4. The molecule has 0 atom stereocenters. The molecule has 1 amide bonds. The summed E-state index contributed by atoms with van der Waals surface area (Å²) < 4.78 is 1.96. The Kier molecular flexibility index (Phi) is 4.25. The minimum atomic E-state index is -0.306. The van der Waals surface area contributed by atoms with E-state index in [4.69, 9.17) is 0 Å². The molecular weight excluding hydrogens is 358 g/mol. The van der Waals surface area contributed by atoms with Gasteiger partial charge in [0.15, 0.2) is 0 Å². The van der Waals surface area contributed by atoms with Gasteiger partial charge in [-0.3, -0.25) is 9.59 Å². The number of benzene rings is 2. The lowest BCUT2D eigenvalue weighted by Crippen LogP contribution is -2.29. The third kappa shape index (κ3) is 3.32. The molecule has 6 heteroatoms. The van der Waals surface area contributed by atoms with Gasteiger partial charge in [0.05, 0.1) is 17.3 Å². The van der Waals surface area contributed by atoms with Crippen molar-refractivity contribution in [3.05, 3.63) is 69.1 Å². The Morgan fingerprint density at radius 3 is 2.83 bits per heavy atom. The van der Waals surface area contributed by atoms with Gasteiger partial charge in [-0.25, -0.2) is 4.68 Å². The number of carbonyl (C=O) groups excluding carboxylic acids is 1. The van der Waals surface area contributed by atoms with E-state index < -0.39 is 0 Å². The number of halogens is 1. The Morgan fingerprint density at radius 1 is 1.26 bits per heavy atom. The second kappa shape index (κ2) is 6.34. The quantitative estimate of drug-likeness (QED) is 0.769. The number of nitrogens with zero attached hydrogens (tertiary/aromatic N) is 2. The summed E-state index contributed by atoms with van der Waals surface area (Å²) in [6.07, 6.45) is 1.59. The van der Waals surface area contributed by atoms with Gasteiger partial charge < -0.3 is 5.32 Å². The fourth-order valence-electron chi connectivity index (χ4n) is 2.29. The summed E-state index contributed by atoms with van der Waals surface area (Å²) in [5.41, 5.74) is 1.47. The van der Waals surface area contributed by atoms with Crippen LogP contribution in [0.4, 0.5) is 5.69 Å². The van der Waals surface area contributed by atoms with Gasteiger partial charge in [-0.15, -0.1) is 0 Å². The highest BCUT2D eigenvalue weighted by atomic mass is 79.9. The van der Waals surface area contributed by atoms with Gasteiger partial charge in [0.25, 0.3) is 5.56 Å². The zero-order valence-corrected chi connectivity index (χ0v) is 14.0. The van der Waals surface area contributed by atoms with Crippen LogP contribution < -0.4 is 10.9 Å². The van der Waals surface area contributed by atoms with Crippen LogP contribution >= 0.6 is 15.9 Å². The van der Waals surface area contributed by atoms with E-state index in [1.807, 2.05) is 37.3 Å². The van der Waals surface area contributed by atoms with Crippen LogP contribution in [0.3, 0.4) is 0 Å². The van der Waals surface area contributed by atoms with E-state index in [2.05, 4.69) is 26.3 Å². The molecule has 116 valence electrons. The fraction of sp³-hybridized carbons (Fsp3) is 0.118. The van der Waals surface area contributed by atoms with Gasteiger partial charge >= 0.3 is 0 Å². The Hall–Kier alpha value is -2.47. The minimum absolute atomic E-state index is 0.135. The first-order chi connectivity index (χ1) is 11.0. The van der Waals surface area contributed by atoms with Crippen molar-refractivity contribution in [1.29, 1.82) is 0 Å². The summed E-state index contributed by atoms with van der Waals surface area (Å²) >= 11 is 3.41. The molecule has 0 aliphatic carbocycles. The van der Waals surface area contributed by atoms with Gasteiger partial charge in [0.1, 0.15) is 6.54 Å². The number of aryl methyl sites for hydroxylation is 1. The molecule has 1 aromatic heterocycles. The number of amides is 1. The Balaban J connectivity index is 1.83. The highest BCUT2D eigenvalue weighted by molar-refractivity contribution is 9.10. The molecule has 3 rings (SSSR count). The maximum Gasteiger partial charge on any atom is 0.275 e. The normalized spacial score (nSPS) is 10.7. The number of anilines is 1. The van der Waals surface area contributed by atoms with Crippen molar-refractivity contribution in [1.82, 2.24) is 9.78 Å². The topological polar surface area (TPSA) is 64.0 Å². The lowest BCUT2D eigenvalue weighted by atomic mass is 10.2. The van der Waals surface area contributed by atoms with Crippen LogP contribution in [0, 0.1) is 6.92 Å². The highest BCUT2D eigenvalue weighted by Crippen LogP contribution is 2.23. The molecule has 0 saturated carbocycles. The van der Waals surface area contributed by atoms with Crippen molar-refractivity contribution in [2.45, 2.75) is 13.5 Å². The van der Waals surface area contributed by atoms with Crippen molar-refractivity contribution in [2.75, 3.05) is 5.32 Å². The number of fused-ring (bicyclic) bond motifs is 1. The van der Waals surface area contributed by atoms with E-state index >= 15 is 0 Å². The van der Waals surface area contributed by atoms with Gasteiger partial charge in [-0.1, -0.05) is 24.3 Å². The molecule has 0 bridgehead atoms. The molecule has 0 aliphatic rings. The summed E-state index contributed by atoms with van der Waals surface area (Å²) in [6.45, 7) is 1.83. The predicted molar refractivity (Wildman–Crippen MR) is 93.5 cm³/mol. The van der Waals surface area contributed by atoms with Crippen LogP contribution in [0.15, 0.2) is 57.9 Å². The van der Waals surface area contributed by atoms with Gasteiger partial charge in [0, 0.05) is 9.86 Å². The molecule has 0 aliphatic heterocycles. The maximum atomic E-state index is 12.3. The number of rotatable bonds is 3. The van der Waals surface area contributed by atoms with Gasteiger partial charge in [-0.2, -0.15) is 5.10 Å². The SMILES string of the molecule is Cc1ccc(NC(=O)Cn2ncc3ccccc3c2=O)c(Br)c1. The zero-order chi connectivity index (χ0) is 16.4. The van der Waals surface area contributed by atoms with E-state index in [0.29, 0.717) is 11.1 Å². The Labute approximate surface area is 141 Å². The van der Waals surface area contributed by atoms with Crippen molar-refractivity contribution in [3.63, 3.8) is 0 Å². The second-order valence-electron chi connectivity index (χ2n) is 5.23. The van der Waals surface area contributed by atoms with Gasteiger partial charge in [-0.05, 0) is 46.6 Å². The summed E-state index contributed by atoms with van der Waals surface area (Å²) in [4.78, 5) is 24.5. The van der Waals surface area contributed by atoms with Crippen LogP contribution in [0.5, 0.6) is 0 Å². The molecule has 23 heavy (non-hydrogen) atoms. The van der Waals surface area contributed by atoms with E-state index in [-0.39, 0.29) is 18.0 Å². The number of hydrogen-bond donors (Lipinski definition) is 1.